The molecule has 0 saturated carbocycles. The van der Waals surface area contributed by atoms with Gasteiger partial charge in [-0.05, 0) is 18.4 Å². The van der Waals surface area contributed by atoms with Crippen molar-refractivity contribution in [3.63, 3.8) is 0 Å². The molecule has 2 N–H and O–H groups in total. The van der Waals surface area contributed by atoms with Gasteiger partial charge in [0.1, 0.15) is 0 Å². The number of nitrogens with two attached hydrogens (primary N) is 1. The van der Waals surface area contributed by atoms with E-state index >= 15 is 0 Å². The molecule has 0 fully saturated rings. The number of benzene rings is 1. The molecule has 0 aliphatic heterocycles. The van der Waals surface area contributed by atoms with E-state index in [0.29, 0.717) is 6.42 Å². The van der Waals surface area contributed by atoms with E-state index in [1.54, 1.807) is 0 Å². The van der Waals surface area contributed by atoms with Gasteiger partial charge < -0.3 is 5.73 Å². The van der Waals surface area contributed by atoms with Crippen molar-refractivity contribution in [3.05, 3.63) is 35.1 Å². The minimum atomic E-state index is -1.45. The van der Waals surface area contributed by atoms with Crippen LogP contribution >= 0.6 is 0 Å². The van der Waals surface area contributed by atoms with Crippen LogP contribution in [0.5, 0.6) is 0 Å². The first kappa shape index (κ1) is 12.0. The molecule has 1 nitrogen and oxygen atoms in total. The van der Waals surface area contributed by atoms with Gasteiger partial charge in [0.25, 0.3) is 0 Å². The average molecular weight is 217 g/mol. The van der Waals surface area contributed by atoms with E-state index < -0.39 is 23.5 Å². The lowest BCUT2D eigenvalue weighted by molar-refractivity contribution is 0.424. The zero-order valence-corrected chi connectivity index (χ0v) is 8.73. The first-order valence-corrected chi connectivity index (χ1v) is 4.82. The Morgan fingerprint density at radius 2 is 1.73 bits per heavy atom. The Balaban J connectivity index is 3.00. The molecular weight excluding hydrogens is 203 g/mol. The van der Waals surface area contributed by atoms with E-state index in [0.717, 1.165) is 6.07 Å². The molecule has 0 spiro atoms. The van der Waals surface area contributed by atoms with Gasteiger partial charge in [-0.15, -0.1) is 0 Å². The minimum absolute atomic E-state index is 0.0302. The molecule has 0 amide bonds. The summed E-state index contributed by atoms with van der Waals surface area (Å²) in [6.45, 7) is 3.86. The third kappa shape index (κ3) is 2.72. The van der Waals surface area contributed by atoms with Crippen molar-refractivity contribution in [2.45, 2.75) is 26.3 Å². The van der Waals surface area contributed by atoms with Crippen LogP contribution in [0.15, 0.2) is 12.1 Å². The third-order valence-corrected chi connectivity index (χ3v) is 2.19. The maximum absolute atomic E-state index is 13.3. The molecule has 15 heavy (non-hydrogen) atoms. The zero-order valence-electron chi connectivity index (χ0n) is 8.73. The molecule has 0 bridgehead atoms. The highest BCUT2D eigenvalue weighted by Gasteiger charge is 2.18. The summed E-state index contributed by atoms with van der Waals surface area (Å²) in [6.07, 6.45) is 0.530. The fraction of sp³-hybridized carbons (Fsp3) is 0.455. The van der Waals surface area contributed by atoms with Crippen LogP contribution in [0.3, 0.4) is 0 Å². The molecule has 0 saturated heterocycles. The molecule has 1 unspecified atom stereocenters. The summed E-state index contributed by atoms with van der Waals surface area (Å²) < 4.78 is 38.8. The second-order valence-corrected chi connectivity index (χ2v) is 4.00. The van der Waals surface area contributed by atoms with Gasteiger partial charge in [-0.2, -0.15) is 0 Å². The monoisotopic (exact) mass is 217 g/mol. The Hall–Kier alpha value is -1.03. The summed E-state index contributed by atoms with van der Waals surface area (Å²) in [5.41, 5.74) is 5.72. The molecule has 1 atom stereocenters. The standard InChI is InChI=1S/C11H14F3N/c1-6(2)5-9(15)7-3-4-8(12)11(14)10(7)13/h3-4,6,9H,5,15H2,1-2H3. The van der Waals surface area contributed by atoms with Gasteiger partial charge in [0, 0.05) is 11.6 Å². The fourth-order valence-corrected chi connectivity index (χ4v) is 1.46. The molecule has 0 heterocycles. The summed E-state index contributed by atoms with van der Waals surface area (Å²) in [6, 6.07) is 1.49. The SMILES string of the molecule is CC(C)CC(N)c1ccc(F)c(F)c1F. The Labute approximate surface area is 87.1 Å². The second-order valence-electron chi connectivity index (χ2n) is 4.00. The Morgan fingerprint density at radius 1 is 1.13 bits per heavy atom. The van der Waals surface area contributed by atoms with E-state index in [-0.39, 0.29) is 11.5 Å². The average Bonchev–Trinajstić information content (AvgIpc) is 2.13. The van der Waals surface area contributed by atoms with Crippen LogP contribution in [-0.2, 0) is 0 Å². The Kier molecular flexibility index (Phi) is 3.74. The molecule has 84 valence electrons. The number of halogens is 3. The highest BCUT2D eigenvalue weighted by atomic mass is 19.2. The largest absolute Gasteiger partial charge is 0.324 e. The number of rotatable bonds is 3. The number of hydrogen-bond acceptors (Lipinski definition) is 1. The lowest BCUT2D eigenvalue weighted by Crippen LogP contribution is -2.15. The first-order valence-electron chi connectivity index (χ1n) is 4.82. The smallest absolute Gasteiger partial charge is 0.194 e. The lowest BCUT2D eigenvalue weighted by Gasteiger charge is -2.15. The van der Waals surface area contributed by atoms with Gasteiger partial charge in [-0.1, -0.05) is 19.9 Å². The van der Waals surface area contributed by atoms with E-state index in [1.807, 2.05) is 13.8 Å². The minimum Gasteiger partial charge on any atom is -0.324 e. The van der Waals surface area contributed by atoms with Crippen molar-refractivity contribution in [1.29, 1.82) is 0 Å². The van der Waals surface area contributed by atoms with Crippen molar-refractivity contribution in [1.82, 2.24) is 0 Å². The van der Waals surface area contributed by atoms with Crippen molar-refractivity contribution in [2.75, 3.05) is 0 Å². The summed E-state index contributed by atoms with van der Waals surface area (Å²) >= 11 is 0. The van der Waals surface area contributed by atoms with Crippen molar-refractivity contribution >= 4 is 0 Å². The predicted molar refractivity (Wildman–Crippen MR) is 52.7 cm³/mol. The van der Waals surface area contributed by atoms with E-state index in [4.69, 9.17) is 5.73 Å². The van der Waals surface area contributed by atoms with Crippen LogP contribution in [0.1, 0.15) is 31.9 Å². The summed E-state index contributed by atoms with van der Waals surface area (Å²) in [4.78, 5) is 0. The molecule has 0 aliphatic rings. The van der Waals surface area contributed by atoms with Crippen LogP contribution in [0.4, 0.5) is 13.2 Å². The molecule has 1 aromatic carbocycles. The Bertz CT molecular complexity index is 350. The number of hydrogen-bond donors (Lipinski definition) is 1. The van der Waals surface area contributed by atoms with Gasteiger partial charge in [-0.25, -0.2) is 13.2 Å². The van der Waals surface area contributed by atoms with E-state index in [9.17, 15) is 13.2 Å². The molecule has 1 aromatic rings. The summed E-state index contributed by atoms with van der Waals surface area (Å²) in [5.74, 6) is -3.55. The van der Waals surface area contributed by atoms with Gasteiger partial charge in [0.15, 0.2) is 17.5 Å². The lowest BCUT2D eigenvalue weighted by atomic mass is 9.97. The topological polar surface area (TPSA) is 26.0 Å². The van der Waals surface area contributed by atoms with Crippen molar-refractivity contribution in [3.8, 4) is 0 Å². The van der Waals surface area contributed by atoms with Crippen molar-refractivity contribution in [2.24, 2.45) is 11.7 Å². The third-order valence-electron chi connectivity index (χ3n) is 2.19. The van der Waals surface area contributed by atoms with E-state index in [1.165, 1.54) is 6.07 Å². The quantitative estimate of drug-likeness (QED) is 0.773. The molecular formula is C11H14F3N. The highest BCUT2D eigenvalue weighted by molar-refractivity contribution is 5.23. The maximum Gasteiger partial charge on any atom is 0.194 e. The summed E-state index contributed by atoms with van der Waals surface area (Å²) in [7, 11) is 0. The van der Waals surface area contributed by atoms with Crippen LogP contribution in [-0.4, -0.2) is 0 Å². The van der Waals surface area contributed by atoms with Crippen LogP contribution < -0.4 is 5.73 Å². The maximum atomic E-state index is 13.3. The van der Waals surface area contributed by atoms with Crippen LogP contribution in [0.25, 0.3) is 0 Å². The van der Waals surface area contributed by atoms with Crippen molar-refractivity contribution < 1.29 is 13.2 Å². The first-order chi connectivity index (χ1) is 6.93. The highest BCUT2D eigenvalue weighted by Crippen LogP contribution is 2.24. The second kappa shape index (κ2) is 4.66. The van der Waals surface area contributed by atoms with Gasteiger partial charge in [0.2, 0.25) is 0 Å². The van der Waals surface area contributed by atoms with Gasteiger partial charge in [0.05, 0.1) is 0 Å². The Morgan fingerprint density at radius 3 is 2.27 bits per heavy atom. The van der Waals surface area contributed by atoms with E-state index in [2.05, 4.69) is 0 Å². The van der Waals surface area contributed by atoms with Crippen LogP contribution in [0.2, 0.25) is 0 Å². The fourth-order valence-electron chi connectivity index (χ4n) is 1.46. The predicted octanol–water partition coefficient (Wildman–Crippen LogP) is 3.15. The molecule has 1 rings (SSSR count). The van der Waals surface area contributed by atoms with Gasteiger partial charge in [-0.3, -0.25) is 0 Å². The molecule has 0 aliphatic carbocycles. The molecule has 4 heteroatoms. The summed E-state index contributed by atoms with van der Waals surface area (Å²) in [5, 5.41) is 0. The van der Waals surface area contributed by atoms with Gasteiger partial charge >= 0.3 is 0 Å². The molecule has 0 radical (unpaired) electrons. The molecule has 0 aromatic heterocycles. The zero-order chi connectivity index (χ0) is 11.6. The normalized spacial score (nSPS) is 13.3. The van der Waals surface area contributed by atoms with Crippen LogP contribution in [0, 0.1) is 23.4 Å².